The van der Waals surface area contributed by atoms with Gasteiger partial charge in [0.05, 0.1) is 5.69 Å². The second kappa shape index (κ2) is 4.84. The van der Waals surface area contributed by atoms with Crippen molar-refractivity contribution in [1.29, 1.82) is 0 Å². The Morgan fingerprint density at radius 2 is 2.06 bits per heavy atom. The molecule has 0 radical (unpaired) electrons. The first-order valence-electron chi connectivity index (χ1n) is 6.05. The van der Waals surface area contributed by atoms with Crippen LogP contribution in [0.5, 0.6) is 0 Å². The van der Waals surface area contributed by atoms with E-state index in [9.17, 15) is 9.90 Å². The minimum absolute atomic E-state index is 0.620. The van der Waals surface area contributed by atoms with E-state index in [0.717, 1.165) is 25.9 Å². The van der Waals surface area contributed by atoms with E-state index in [2.05, 4.69) is 4.98 Å². The fourth-order valence-electron chi connectivity index (χ4n) is 2.40. The van der Waals surface area contributed by atoms with Crippen LogP contribution < -0.4 is 0 Å². The summed E-state index contributed by atoms with van der Waals surface area (Å²) in [5.41, 5.74) is -0.379. The van der Waals surface area contributed by atoms with Crippen LogP contribution in [0, 0.1) is 0 Å². The molecule has 1 aromatic rings. The molecule has 0 aliphatic carbocycles. The van der Waals surface area contributed by atoms with Crippen LogP contribution in [-0.4, -0.2) is 34.0 Å². The molecule has 2 rings (SSSR count). The van der Waals surface area contributed by atoms with Crippen LogP contribution >= 0.6 is 0 Å². The van der Waals surface area contributed by atoms with Gasteiger partial charge in [0.1, 0.15) is 0 Å². The molecule has 17 heavy (non-hydrogen) atoms. The van der Waals surface area contributed by atoms with E-state index < -0.39 is 11.5 Å². The minimum Gasteiger partial charge on any atom is -0.480 e. The average molecular weight is 234 g/mol. The lowest BCUT2D eigenvalue weighted by molar-refractivity contribution is -0.152. The molecule has 1 N–H and O–H groups in total. The number of aliphatic carboxylic acids is 1. The van der Waals surface area contributed by atoms with Crippen LogP contribution in [-0.2, 0) is 10.3 Å². The Morgan fingerprint density at radius 1 is 1.35 bits per heavy atom. The molecule has 4 nitrogen and oxygen atoms in total. The molecular weight excluding hydrogens is 216 g/mol. The molecule has 1 aliphatic rings. The van der Waals surface area contributed by atoms with Crippen molar-refractivity contribution in [3.63, 3.8) is 0 Å². The lowest BCUT2D eigenvalue weighted by Gasteiger charge is -2.39. The first-order chi connectivity index (χ1) is 8.15. The third-order valence-electron chi connectivity index (χ3n) is 3.57. The number of aromatic nitrogens is 1. The average Bonchev–Trinajstić information content (AvgIpc) is 2.39. The van der Waals surface area contributed by atoms with Crippen molar-refractivity contribution in [3.8, 4) is 0 Å². The molecular formula is C13H18N2O2. The Kier molecular flexibility index (Phi) is 3.43. The smallest absolute Gasteiger partial charge is 0.330 e. The van der Waals surface area contributed by atoms with E-state index in [1.165, 1.54) is 6.42 Å². The SMILES string of the molecule is CC(C(=O)O)(c1ccccn1)N1CCCCC1. The Balaban J connectivity index is 2.35. The summed E-state index contributed by atoms with van der Waals surface area (Å²) in [4.78, 5) is 17.9. The summed E-state index contributed by atoms with van der Waals surface area (Å²) < 4.78 is 0. The molecule has 4 heteroatoms. The molecule has 0 aromatic carbocycles. The van der Waals surface area contributed by atoms with Gasteiger partial charge in [-0.15, -0.1) is 0 Å². The summed E-state index contributed by atoms with van der Waals surface area (Å²) in [5.74, 6) is -0.821. The maximum Gasteiger partial charge on any atom is 0.330 e. The van der Waals surface area contributed by atoms with E-state index in [1.807, 2.05) is 17.0 Å². The number of hydrogen-bond acceptors (Lipinski definition) is 3. The second-order valence-corrected chi connectivity index (χ2v) is 4.64. The maximum absolute atomic E-state index is 11.6. The normalized spacial score (nSPS) is 20.8. The van der Waals surface area contributed by atoms with Crippen LogP contribution in [0.25, 0.3) is 0 Å². The highest BCUT2D eigenvalue weighted by Crippen LogP contribution is 2.29. The van der Waals surface area contributed by atoms with Gasteiger partial charge >= 0.3 is 5.97 Å². The predicted molar refractivity (Wildman–Crippen MR) is 64.6 cm³/mol. The highest BCUT2D eigenvalue weighted by atomic mass is 16.4. The fraction of sp³-hybridized carbons (Fsp3) is 0.538. The lowest BCUT2D eigenvalue weighted by Crippen LogP contribution is -2.52. The third kappa shape index (κ3) is 2.17. The van der Waals surface area contributed by atoms with Crippen LogP contribution in [0.4, 0.5) is 0 Å². The molecule has 0 amide bonds. The minimum atomic E-state index is -0.998. The first-order valence-corrected chi connectivity index (χ1v) is 6.05. The number of rotatable bonds is 3. The van der Waals surface area contributed by atoms with Crippen LogP contribution in [0.2, 0.25) is 0 Å². The molecule has 1 atom stereocenters. The zero-order valence-corrected chi connectivity index (χ0v) is 10.1. The Morgan fingerprint density at radius 3 is 2.59 bits per heavy atom. The number of carbonyl (C=O) groups is 1. The molecule has 1 unspecified atom stereocenters. The summed E-state index contributed by atoms with van der Waals surface area (Å²) in [7, 11) is 0. The van der Waals surface area contributed by atoms with E-state index in [0.29, 0.717) is 5.69 Å². The first kappa shape index (κ1) is 12.0. The van der Waals surface area contributed by atoms with Crippen molar-refractivity contribution in [3.05, 3.63) is 30.1 Å². The van der Waals surface area contributed by atoms with Crippen molar-refractivity contribution in [2.75, 3.05) is 13.1 Å². The topological polar surface area (TPSA) is 53.4 Å². The number of piperidine rings is 1. The van der Waals surface area contributed by atoms with Crippen LogP contribution in [0.3, 0.4) is 0 Å². The predicted octanol–water partition coefficient (Wildman–Crippen LogP) is 1.87. The van der Waals surface area contributed by atoms with Gasteiger partial charge in [-0.3, -0.25) is 9.88 Å². The monoisotopic (exact) mass is 234 g/mol. The molecule has 1 fully saturated rings. The van der Waals surface area contributed by atoms with Crippen molar-refractivity contribution in [1.82, 2.24) is 9.88 Å². The molecule has 0 saturated carbocycles. The largest absolute Gasteiger partial charge is 0.480 e. The van der Waals surface area contributed by atoms with Gasteiger partial charge in [-0.05, 0) is 45.0 Å². The van der Waals surface area contributed by atoms with E-state index >= 15 is 0 Å². The zero-order chi connectivity index (χ0) is 12.3. The van der Waals surface area contributed by atoms with Gasteiger partial charge in [-0.25, -0.2) is 4.79 Å². The summed E-state index contributed by atoms with van der Waals surface area (Å²) in [6.07, 6.45) is 4.97. The molecule has 2 heterocycles. The number of carboxylic acid groups (broad SMARTS) is 1. The van der Waals surface area contributed by atoms with E-state index in [4.69, 9.17) is 0 Å². The van der Waals surface area contributed by atoms with Crippen LogP contribution in [0.1, 0.15) is 31.9 Å². The third-order valence-corrected chi connectivity index (χ3v) is 3.57. The number of hydrogen-bond donors (Lipinski definition) is 1. The quantitative estimate of drug-likeness (QED) is 0.867. The number of likely N-dealkylation sites (tertiary alicyclic amines) is 1. The summed E-state index contributed by atoms with van der Waals surface area (Å²) in [6, 6.07) is 5.44. The van der Waals surface area contributed by atoms with Crippen molar-refractivity contribution in [2.45, 2.75) is 31.7 Å². The van der Waals surface area contributed by atoms with Gasteiger partial charge in [0, 0.05) is 6.20 Å². The second-order valence-electron chi connectivity index (χ2n) is 4.64. The van der Waals surface area contributed by atoms with Gasteiger partial charge in [0.25, 0.3) is 0 Å². The van der Waals surface area contributed by atoms with Crippen molar-refractivity contribution in [2.24, 2.45) is 0 Å². The molecule has 1 aromatic heterocycles. The van der Waals surface area contributed by atoms with E-state index in [1.54, 1.807) is 19.2 Å². The van der Waals surface area contributed by atoms with Gasteiger partial charge in [0.15, 0.2) is 5.54 Å². The van der Waals surface area contributed by atoms with Crippen molar-refractivity contribution >= 4 is 5.97 Å². The van der Waals surface area contributed by atoms with Gasteiger partial charge < -0.3 is 5.11 Å². The van der Waals surface area contributed by atoms with Crippen LogP contribution in [0.15, 0.2) is 24.4 Å². The standard InChI is InChI=1S/C13H18N2O2/c1-13(12(16)17,11-7-3-4-8-14-11)15-9-5-2-6-10-15/h3-4,7-8H,2,5-6,9-10H2,1H3,(H,16,17). The Labute approximate surface area is 101 Å². The number of nitrogens with zero attached hydrogens (tertiary/aromatic N) is 2. The number of pyridine rings is 1. The summed E-state index contributed by atoms with van der Waals surface area (Å²) in [6.45, 7) is 3.42. The Hall–Kier alpha value is -1.42. The molecule has 0 spiro atoms. The van der Waals surface area contributed by atoms with Crippen molar-refractivity contribution < 1.29 is 9.90 Å². The highest BCUT2D eigenvalue weighted by molar-refractivity contribution is 5.79. The highest BCUT2D eigenvalue weighted by Gasteiger charge is 2.42. The molecule has 1 saturated heterocycles. The van der Waals surface area contributed by atoms with Gasteiger partial charge in [0.2, 0.25) is 0 Å². The fourth-order valence-corrected chi connectivity index (χ4v) is 2.40. The maximum atomic E-state index is 11.6. The number of carboxylic acids is 1. The van der Waals surface area contributed by atoms with Gasteiger partial charge in [-0.1, -0.05) is 12.5 Å². The zero-order valence-electron chi connectivity index (χ0n) is 10.1. The Bertz CT molecular complexity index is 388. The molecule has 0 bridgehead atoms. The molecule has 92 valence electrons. The lowest BCUT2D eigenvalue weighted by atomic mass is 9.92. The van der Waals surface area contributed by atoms with Gasteiger partial charge in [-0.2, -0.15) is 0 Å². The van der Waals surface area contributed by atoms with E-state index in [-0.39, 0.29) is 0 Å². The summed E-state index contributed by atoms with van der Waals surface area (Å²) >= 11 is 0. The molecule has 1 aliphatic heterocycles. The summed E-state index contributed by atoms with van der Waals surface area (Å²) in [5, 5.41) is 9.56.